The van der Waals surface area contributed by atoms with Crippen molar-refractivity contribution in [3.8, 4) is 0 Å². The van der Waals surface area contributed by atoms with Gasteiger partial charge in [-0.1, -0.05) is 70.0 Å². The standard InChI is InChI=1S/C20H32Br2O2/c1-13-6-7-16(21)18(2,3)15(13)9-11-19(4,23)14-8-10-20(5,24)17(22)12-14/h9,11,14-17,23-24H,1,6-8,10,12H2,2-5H3/b11-9+. The molecular weight excluding hydrogens is 432 g/mol. The maximum atomic E-state index is 11.0. The van der Waals surface area contributed by atoms with Crippen LogP contribution in [0.4, 0.5) is 0 Å². The first kappa shape index (κ1) is 20.7. The van der Waals surface area contributed by atoms with E-state index in [1.54, 1.807) is 0 Å². The van der Waals surface area contributed by atoms with Crippen molar-refractivity contribution in [3.05, 3.63) is 24.3 Å². The van der Waals surface area contributed by atoms with Gasteiger partial charge in [-0.15, -0.1) is 0 Å². The predicted molar refractivity (Wildman–Crippen MR) is 109 cm³/mol. The average molecular weight is 464 g/mol. The molecule has 2 aliphatic rings. The third kappa shape index (κ3) is 4.19. The van der Waals surface area contributed by atoms with Gasteiger partial charge in [0, 0.05) is 15.6 Å². The monoisotopic (exact) mass is 462 g/mol. The molecule has 6 unspecified atom stereocenters. The van der Waals surface area contributed by atoms with Gasteiger partial charge in [-0.25, -0.2) is 0 Å². The van der Waals surface area contributed by atoms with Crippen molar-refractivity contribution in [2.45, 2.75) is 80.7 Å². The van der Waals surface area contributed by atoms with E-state index in [4.69, 9.17) is 0 Å². The quantitative estimate of drug-likeness (QED) is 0.436. The molecule has 138 valence electrons. The lowest BCUT2D eigenvalue weighted by atomic mass is 9.66. The number of alkyl halides is 2. The smallest absolute Gasteiger partial charge is 0.0828 e. The first-order chi connectivity index (χ1) is 10.9. The van der Waals surface area contributed by atoms with Gasteiger partial charge >= 0.3 is 0 Å². The molecule has 2 nitrogen and oxygen atoms in total. The van der Waals surface area contributed by atoms with Gasteiger partial charge in [0.2, 0.25) is 0 Å². The molecule has 2 saturated carbocycles. The maximum Gasteiger partial charge on any atom is 0.0828 e. The Bertz CT molecular complexity index is 508. The summed E-state index contributed by atoms with van der Waals surface area (Å²) in [6.45, 7) is 12.6. The van der Waals surface area contributed by atoms with Gasteiger partial charge < -0.3 is 10.2 Å². The molecule has 0 aromatic carbocycles. The van der Waals surface area contributed by atoms with E-state index < -0.39 is 11.2 Å². The minimum Gasteiger partial charge on any atom is -0.389 e. The molecule has 2 N–H and O–H groups in total. The topological polar surface area (TPSA) is 40.5 Å². The van der Waals surface area contributed by atoms with Crippen LogP contribution in [0.3, 0.4) is 0 Å². The van der Waals surface area contributed by atoms with Gasteiger partial charge in [-0.2, -0.15) is 0 Å². The lowest BCUT2D eigenvalue weighted by Crippen LogP contribution is -2.46. The Labute approximate surface area is 164 Å². The molecule has 0 aromatic rings. The second-order valence-corrected chi connectivity index (χ2v) is 11.1. The molecule has 0 amide bonds. The van der Waals surface area contributed by atoms with Gasteiger partial charge in [0.15, 0.2) is 0 Å². The van der Waals surface area contributed by atoms with Crippen LogP contribution in [0.1, 0.15) is 59.8 Å². The van der Waals surface area contributed by atoms with Crippen molar-refractivity contribution in [1.82, 2.24) is 0 Å². The normalized spacial score (nSPS) is 42.9. The van der Waals surface area contributed by atoms with E-state index in [0.717, 1.165) is 25.7 Å². The SMILES string of the molecule is C=C1CCC(Br)C(C)(C)C1/C=C/C(C)(O)C1CCC(C)(O)C(Br)C1. The highest BCUT2D eigenvalue weighted by Gasteiger charge is 2.43. The predicted octanol–water partition coefficient (Wildman–Crippen LogP) is 5.36. The summed E-state index contributed by atoms with van der Waals surface area (Å²) in [5.41, 5.74) is -0.194. The van der Waals surface area contributed by atoms with Gasteiger partial charge in [0.05, 0.1) is 11.2 Å². The van der Waals surface area contributed by atoms with Gasteiger partial charge in [-0.05, 0) is 57.3 Å². The average Bonchev–Trinajstić information content (AvgIpc) is 2.45. The molecule has 2 aliphatic carbocycles. The molecule has 2 rings (SSSR count). The number of aliphatic hydroxyl groups is 2. The third-order valence-corrected chi connectivity index (χ3v) is 9.38. The second-order valence-electron chi connectivity index (χ2n) is 8.84. The molecule has 4 heteroatoms. The summed E-state index contributed by atoms with van der Waals surface area (Å²) in [5, 5.41) is 21.4. The highest BCUT2D eigenvalue weighted by atomic mass is 79.9. The molecule has 24 heavy (non-hydrogen) atoms. The van der Waals surface area contributed by atoms with Crippen LogP contribution in [-0.4, -0.2) is 31.1 Å². The van der Waals surface area contributed by atoms with E-state index >= 15 is 0 Å². The molecule has 2 fully saturated rings. The third-order valence-electron chi connectivity index (χ3n) is 6.39. The number of hydrogen-bond donors (Lipinski definition) is 2. The Kier molecular flexibility index (Phi) is 6.17. The van der Waals surface area contributed by atoms with Crippen molar-refractivity contribution < 1.29 is 10.2 Å². The minimum absolute atomic E-state index is 0.0247. The summed E-state index contributed by atoms with van der Waals surface area (Å²) in [5.74, 6) is 0.423. The number of hydrogen-bond acceptors (Lipinski definition) is 2. The first-order valence-electron chi connectivity index (χ1n) is 8.98. The number of allylic oxidation sites excluding steroid dienone is 2. The zero-order chi connectivity index (χ0) is 18.3. The highest BCUT2D eigenvalue weighted by molar-refractivity contribution is 9.09. The largest absolute Gasteiger partial charge is 0.389 e. The second kappa shape index (κ2) is 7.17. The first-order valence-corrected chi connectivity index (χ1v) is 10.8. The number of rotatable bonds is 3. The lowest BCUT2D eigenvalue weighted by Gasteiger charge is -2.44. The zero-order valence-corrected chi connectivity index (χ0v) is 18.5. The fraction of sp³-hybridized carbons (Fsp3) is 0.800. The van der Waals surface area contributed by atoms with E-state index in [0.29, 0.717) is 11.2 Å². The summed E-state index contributed by atoms with van der Waals surface area (Å²) in [6, 6.07) is 0. The van der Waals surface area contributed by atoms with E-state index in [1.807, 2.05) is 19.9 Å². The van der Waals surface area contributed by atoms with Crippen LogP contribution in [0, 0.1) is 17.3 Å². The van der Waals surface area contributed by atoms with Crippen molar-refractivity contribution in [1.29, 1.82) is 0 Å². The molecule has 0 bridgehead atoms. The molecule has 0 aromatic heterocycles. The van der Waals surface area contributed by atoms with Gasteiger partial charge in [-0.3, -0.25) is 0 Å². The number of halogens is 2. The fourth-order valence-electron chi connectivity index (χ4n) is 4.15. The van der Waals surface area contributed by atoms with Crippen LogP contribution in [0.5, 0.6) is 0 Å². The van der Waals surface area contributed by atoms with Crippen molar-refractivity contribution in [3.63, 3.8) is 0 Å². The van der Waals surface area contributed by atoms with Crippen LogP contribution in [0.2, 0.25) is 0 Å². The minimum atomic E-state index is -0.863. The van der Waals surface area contributed by atoms with Gasteiger partial charge in [0.25, 0.3) is 0 Å². The van der Waals surface area contributed by atoms with Crippen LogP contribution in [0.15, 0.2) is 24.3 Å². The highest BCUT2D eigenvalue weighted by Crippen LogP contribution is 2.48. The van der Waals surface area contributed by atoms with E-state index in [1.165, 1.54) is 5.57 Å². The van der Waals surface area contributed by atoms with Crippen molar-refractivity contribution in [2.24, 2.45) is 17.3 Å². The van der Waals surface area contributed by atoms with Crippen LogP contribution >= 0.6 is 31.9 Å². The molecule has 6 atom stereocenters. The van der Waals surface area contributed by atoms with Gasteiger partial charge in [0.1, 0.15) is 0 Å². The van der Waals surface area contributed by atoms with E-state index in [2.05, 4.69) is 58.4 Å². The summed E-state index contributed by atoms with van der Waals surface area (Å²) in [7, 11) is 0. The molecule has 0 radical (unpaired) electrons. The van der Waals surface area contributed by atoms with E-state index in [9.17, 15) is 10.2 Å². The Morgan fingerprint density at radius 3 is 2.42 bits per heavy atom. The van der Waals surface area contributed by atoms with Crippen molar-refractivity contribution >= 4 is 31.9 Å². The Balaban J connectivity index is 2.13. The van der Waals surface area contributed by atoms with Crippen LogP contribution < -0.4 is 0 Å². The molecule has 0 aliphatic heterocycles. The molecular formula is C20H32Br2O2. The fourth-order valence-corrected chi connectivity index (χ4v) is 5.34. The van der Waals surface area contributed by atoms with Crippen LogP contribution in [-0.2, 0) is 0 Å². The molecule has 0 heterocycles. The summed E-state index contributed by atoms with van der Waals surface area (Å²) < 4.78 is 0. The van der Waals surface area contributed by atoms with Crippen LogP contribution in [0.25, 0.3) is 0 Å². The summed E-state index contributed by atoms with van der Waals surface area (Å²) in [6.07, 6.45) is 8.64. The Hall–Kier alpha value is 0.360. The summed E-state index contributed by atoms with van der Waals surface area (Å²) >= 11 is 7.42. The Morgan fingerprint density at radius 2 is 1.83 bits per heavy atom. The zero-order valence-electron chi connectivity index (χ0n) is 15.4. The lowest BCUT2D eigenvalue weighted by molar-refractivity contribution is -0.0321. The maximum absolute atomic E-state index is 11.0. The Morgan fingerprint density at radius 1 is 1.21 bits per heavy atom. The molecule has 0 spiro atoms. The summed E-state index contributed by atoms with van der Waals surface area (Å²) in [4.78, 5) is 0.489. The van der Waals surface area contributed by atoms with Crippen molar-refractivity contribution in [2.75, 3.05) is 0 Å². The molecule has 0 saturated heterocycles. The van der Waals surface area contributed by atoms with E-state index in [-0.39, 0.29) is 22.1 Å².